The van der Waals surface area contributed by atoms with Crippen LogP contribution in [0.25, 0.3) is 22.3 Å². The first-order chi connectivity index (χ1) is 19.6. The van der Waals surface area contributed by atoms with Gasteiger partial charge in [-0.1, -0.05) is 77.8 Å². The third-order valence-electron chi connectivity index (χ3n) is 12.8. The van der Waals surface area contributed by atoms with Crippen molar-refractivity contribution in [3.05, 3.63) is 117 Å². The van der Waals surface area contributed by atoms with Crippen LogP contribution in [0, 0.1) is 23.7 Å². The van der Waals surface area contributed by atoms with E-state index in [1.807, 2.05) is 0 Å². The van der Waals surface area contributed by atoms with Gasteiger partial charge in [-0.3, -0.25) is 0 Å². The number of rotatable bonds is 1. The van der Waals surface area contributed by atoms with Gasteiger partial charge in [-0.2, -0.15) is 0 Å². The summed E-state index contributed by atoms with van der Waals surface area (Å²) in [6.45, 7) is 0. The molecule has 10 rings (SSSR count). The van der Waals surface area contributed by atoms with Crippen LogP contribution in [-0.2, 0) is 10.8 Å². The van der Waals surface area contributed by atoms with Crippen molar-refractivity contribution in [2.24, 2.45) is 23.7 Å². The van der Waals surface area contributed by atoms with E-state index in [9.17, 15) is 0 Å². The Morgan fingerprint density at radius 3 is 1.95 bits per heavy atom. The van der Waals surface area contributed by atoms with Crippen molar-refractivity contribution >= 4 is 23.2 Å². The fourth-order valence-electron chi connectivity index (χ4n) is 11.9. The highest BCUT2D eigenvalue weighted by atomic mass is 35.5. The zero-order valence-corrected chi connectivity index (χ0v) is 24.1. The van der Waals surface area contributed by atoms with E-state index in [4.69, 9.17) is 23.2 Å². The van der Waals surface area contributed by atoms with E-state index in [-0.39, 0.29) is 10.8 Å². The van der Waals surface area contributed by atoms with Crippen molar-refractivity contribution in [2.75, 3.05) is 0 Å². The van der Waals surface area contributed by atoms with Gasteiger partial charge in [-0.15, -0.1) is 0 Å². The maximum atomic E-state index is 7.15. The van der Waals surface area contributed by atoms with Crippen LogP contribution in [0.15, 0.2) is 78.9 Å². The van der Waals surface area contributed by atoms with Crippen molar-refractivity contribution in [3.63, 3.8) is 0 Å². The molecule has 6 aliphatic rings. The fourth-order valence-corrected chi connectivity index (χ4v) is 12.3. The highest BCUT2D eigenvalue weighted by Gasteiger charge is 2.65. The maximum absolute atomic E-state index is 7.15. The van der Waals surface area contributed by atoms with Gasteiger partial charge in [0.05, 0.1) is 0 Å². The van der Waals surface area contributed by atoms with E-state index < -0.39 is 0 Å². The Morgan fingerprint density at radius 2 is 1.18 bits per heavy atom. The predicted octanol–water partition coefficient (Wildman–Crippen LogP) is 10.6. The summed E-state index contributed by atoms with van der Waals surface area (Å²) >= 11 is 13.7. The first-order valence-corrected chi connectivity index (χ1v) is 16.2. The van der Waals surface area contributed by atoms with Crippen molar-refractivity contribution < 1.29 is 0 Å². The lowest BCUT2D eigenvalue weighted by atomic mass is 9.67. The van der Waals surface area contributed by atoms with Gasteiger partial charge < -0.3 is 0 Å². The summed E-state index contributed by atoms with van der Waals surface area (Å²) in [7, 11) is 0. The molecule has 0 heterocycles. The number of fused-ring (bicyclic) bond motifs is 6. The largest absolute Gasteiger partial charge is 0.0843 e. The van der Waals surface area contributed by atoms with Crippen molar-refractivity contribution in [2.45, 2.75) is 61.7 Å². The molecule has 4 fully saturated rings. The molecule has 4 aromatic carbocycles. The van der Waals surface area contributed by atoms with Gasteiger partial charge in [-0.05, 0) is 149 Å². The van der Waals surface area contributed by atoms with Gasteiger partial charge in [0.25, 0.3) is 0 Å². The quantitative estimate of drug-likeness (QED) is 0.218. The molecule has 198 valence electrons. The Labute approximate surface area is 246 Å². The molecule has 0 nitrogen and oxygen atoms in total. The molecule has 0 N–H and O–H groups in total. The Balaban J connectivity index is 1.22. The number of hydrogen-bond donors (Lipinski definition) is 0. The van der Waals surface area contributed by atoms with Crippen LogP contribution in [0.4, 0.5) is 0 Å². The van der Waals surface area contributed by atoms with Gasteiger partial charge in [0, 0.05) is 20.9 Å². The second kappa shape index (κ2) is 7.64. The molecule has 4 unspecified atom stereocenters. The molecule has 0 radical (unpaired) electrons. The van der Waals surface area contributed by atoms with Gasteiger partial charge in [0.2, 0.25) is 0 Å². The molecule has 0 aliphatic heterocycles. The van der Waals surface area contributed by atoms with E-state index in [1.54, 1.807) is 27.8 Å². The molecule has 40 heavy (non-hydrogen) atoms. The van der Waals surface area contributed by atoms with Crippen molar-refractivity contribution in [3.8, 4) is 22.3 Å². The maximum Gasteiger partial charge on any atom is 0.0412 e. The Kier molecular flexibility index (Phi) is 4.41. The topological polar surface area (TPSA) is 0 Å². The summed E-state index contributed by atoms with van der Waals surface area (Å²) in [5, 5.41) is 1.79. The SMILES string of the molecule is Clc1ccc2c(c1)-c1ccccc1C21C2CCC1C(c1cc(Cl)cc3c1-c1ccccc1C31C3CCC1CC3)C2. The summed E-state index contributed by atoms with van der Waals surface area (Å²) in [5.74, 6) is 3.26. The Bertz CT molecular complexity index is 1750. The van der Waals surface area contributed by atoms with Crippen LogP contribution >= 0.6 is 23.2 Å². The molecule has 0 saturated heterocycles. The lowest BCUT2D eigenvalue weighted by molar-refractivity contribution is 0.382. The highest BCUT2D eigenvalue weighted by Crippen LogP contribution is 2.74. The average molecular weight is 560 g/mol. The predicted molar refractivity (Wildman–Crippen MR) is 164 cm³/mol. The van der Waals surface area contributed by atoms with Crippen LogP contribution in [-0.4, -0.2) is 0 Å². The van der Waals surface area contributed by atoms with Crippen LogP contribution in [0.5, 0.6) is 0 Å². The van der Waals surface area contributed by atoms with E-state index in [2.05, 4.69) is 78.9 Å². The summed E-state index contributed by atoms with van der Waals surface area (Å²) < 4.78 is 0. The fraction of sp³-hybridized carbons (Fsp3) is 0.368. The van der Waals surface area contributed by atoms with Crippen molar-refractivity contribution in [1.29, 1.82) is 0 Å². The minimum absolute atomic E-state index is 0.0819. The zero-order valence-electron chi connectivity index (χ0n) is 22.6. The number of benzene rings is 4. The van der Waals surface area contributed by atoms with E-state index in [0.29, 0.717) is 17.8 Å². The minimum atomic E-state index is 0.0819. The Morgan fingerprint density at radius 1 is 0.525 bits per heavy atom. The molecule has 2 spiro atoms. The lowest BCUT2D eigenvalue weighted by Gasteiger charge is -2.35. The summed E-state index contributed by atoms with van der Waals surface area (Å²) in [6, 6.07) is 30.2. The smallest absolute Gasteiger partial charge is 0.0412 e. The monoisotopic (exact) mass is 558 g/mol. The summed E-state index contributed by atoms with van der Waals surface area (Å²) in [6.07, 6.45) is 9.31. The molecule has 0 amide bonds. The molecule has 4 aromatic rings. The first kappa shape index (κ1) is 23.1. The summed E-state index contributed by atoms with van der Waals surface area (Å²) in [4.78, 5) is 0. The standard InChI is InChI=1S/C38H32Cl2/c39-24-14-16-34-29(18-24)26-5-1-3-7-31(26)38(34)23-13-15-33(38)28(17-23)30-19-25(40)20-35-36(30)27-6-2-4-8-32(27)37(35)21-9-10-22(37)12-11-21/h1-8,14,16,18-23,28,33H,9-13,15,17H2. The normalized spacial score (nSPS) is 35.0. The van der Waals surface area contributed by atoms with Crippen LogP contribution in [0.2, 0.25) is 10.0 Å². The second-order valence-corrected chi connectivity index (χ2v) is 14.6. The molecular weight excluding hydrogens is 527 g/mol. The molecule has 4 atom stereocenters. The lowest BCUT2D eigenvalue weighted by Crippen LogP contribution is -2.32. The third kappa shape index (κ3) is 2.44. The molecule has 4 bridgehead atoms. The second-order valence-electron chi connectivity index (χ2n) is 13.7. The van der Waals surface area contributed by atoms with Crippen LogP contribution in [0.3, 0.4) is 0 Å². The molecule has 0 aromatic heterocycles. The van der Waals surface area contributed by atoms with Crippen LogP contribution < -0.4 is 0 Å². The van der Waals surface area contributed by atoms with Gasteiger partial charge in [0.1, 0.15) is 0 Å². The Hall–Kier alpha value is -2.54. The van der Waals surface area contributed by atoms with Gasteiger partial charge in [0.15, 0.2) is 0 Å². The number of hydrogen-bond acceptors (Lipinski definition) is 0. The van der Waals surface area contributed by atoms with E-state index in [0.717, 1.165) is 21.9 Å². The highest BCUT2D eigenvalue weighted by molar-refractivity contribution is 6.31. The van der Waals surface area contributed by atoms with Crippen molar-refractivity contribution in [1.82, 2.24) is 0 Å². The molecular formula is C38H32Cl2. The average Bonchev–Trinajstić information content (AvgIpc) is 3.81. The number of halogens is 2. The molecule has 2 heteroatoms. The molecule has 6 aliphatic carbocycles. The minimum Gasteiger partial charge on any atom is -0.0843 e. The third-order valence-corrected chi connectivity index (χ3v) is 13.3. The van der Waals surface area contributed by atoms with E-state index >= 15 is 0 Å². The summed E-state index contributed by atoms with van der Waals surface area (Å²) in [5.41, 5.74) is 13.9. The van der Waals surface area contributed by atoms with Gasteiger partial charge >= 0.3 is 0 Å². The van der Waals surface area contributed by atoms with Gasteiger partial charge in [-0.25, -0.2) is 0 Å². The first-order valence-electron chi connectivity index (χ1n) is 15.5. The van der Waals surface area contributed by atoms with Crippen LogP contribution in [0.1, 0.15) is 78.7 Å². The van der Waals surface area contributed by atoms with E-state index in [1.165, 1.54) is 67.2 Å². The molecule has 4 saturated carbocycles. The zero-order chi connectivity index (χ0) is 26.4.